The van der Waals surface area contributed by atoms with Crippen molar-refractivity contribution in [2.75, 3.05) is 0 Å². The van der Waals surface area contributed by atoms with E-state index >= 15 is 0 Å². The molecule has 1 saturated carbocycles. The molecular formula is C20H18N2O. The second-order valence-electron chi connectivity index (χ2n) is 6.68. The van der Waals surface area contributed by atoms with Crippen molar-refractivity contribution in [3.63, 3.8) is 0 Å². The van der Waals surface area contributed by atoms with Gasteiger partial charge in [-0.3, -0.25) is 0 Å². The van der Waals surface area contributed by atoms with Crippen molar-refractivity contribution in [2.45, 2.75) is 31.7 Å². The number of hydrogen-bond donors (Lipinski definition) is 0. The average molecular weight is 302 g/mol. The molecule has 0 radical (unpaired) electrons. The molecule has 1 aliphatic heterocycles. The van der Waals surface area contributed by atoms with Gasteiger partial charge in [-0.05, 0) is 41.2 Å². The van der Waals surface area contributed by atoms with Gasteiger partial charge in [0, 0.05) is 12.3 Å². The van der Waals surface area contributed by atoms with Crippen molar-refractivity contribution in [1.82, 2.24) is 0 Å². The third-order valence-electron chi connectivity index (χ3n) is 5.45. The van der Waals surface area contributed by atoms with Crippen molar-refractivity contribution in [3.8, 4) is 11.1 Å². The van der Waals surface area contributed by atoms with E-state index < -0.39 is 0 Å². The maximum Gasteiger partial charge on any atom is 0.247 e. The molecule has 3 aliphatic rings. The van der Waals surface area contributed by atoms with Crippen LogP contribution in [-0.4, -0.2) is 22.3 Å². The fourth-order valence-corrected chi connectivity index (χ4v) is 4.40. The van der Waals surface area contributed by atoms with Crippen LogP contribution >= 0.6 is 0 Å². The van der Waals surface area contributed by atoms with Gasteiger partial charge in [0.1, 0.15) is 0 Å². The van der Waals surface area contributed by atoms with Gasteiger partial charge in [0.2, 0.25) is 5.71 Å². The minimum atomic E-state index is 0.0732. The van der Waals surface area contributed by atoms with Crippen molar-refractivity contribution >= 4 is 11.6 Å². The van der Waals surface area contributed by atoms with Crippen LogP contribution in [0.15, 0.2) is 53.6 Å². The van der Waals surface area contributed by atoms with Crippen LogP contribution in [0, 0.1) is 5.92 Å². The Morgan fingerprint density at radius 1 is 0.826 bits per heavy atom. The first-order chi connectivity index (χ1) is 11.3. The molecule has 0 amide bonds. The molecule has 1 heterocycles. The molecular weight excluding hydrogens is 284 g/mol. The minimum absolute atomic E-state index is 0.0732. The van der Waals surface area contributed by atoms with Gasteiger partial charge in [0.15, 0.2) is 6.04 Å². The lowest BCUT2D eigenvalue weighted by Gasteiger charge is -2.23. The van der Waals surface area contributed by atoms with Crippen LogP contribution in [0.5, 0.6) is 0 Å². The number of rotatable bonds is 0. The minimum Gasteiger partial charge on any atom is -0.857 e. The molecule has 5 rings (SSSR count). The molecule has 1 fully saturated rings. The van der Waals surface area contributed by atoms with E-state index in [-0.39, 0.29) is 17.9 Å². The summed E-state index contributed by atoms with van der Waals surface area (Å²) in [7, 11) is 0. The van der Waals surface area contributed by atoms with E-state index in [2.05, 4.69) is 58.3 Å². The van der Waals surface area contributed by atoms with Gasteiger partial charge in [-0.25, -0.2) is 0 Å². The maximum atomic E-state index is 12.4. The van der Waals surface area contributed by atoms with Crippen molar-refractivity contribution in [1.29, 1.82) is 0 Å². The van der Waals surface area contributed by atoms with Gasteiger partial charge in [0.25, 0.3) is 0 Å². The average Bonchev–Trinajstić information content (AvgIpc) is 3.11. The highest BCUT2D eigenvalue weighted by Crippen LogP contribution is 2.39. The lowest BCUT2D eigenvalue weighted by molar-refractivity contribution is -0.568. The molecule has 2 aromatic carbocycles. The van der Waals surface area contributed by atoms with Crippen LogP contribution in [-0.2, 0) is 0 Å². The molecule has 114 valence electrons. The zero-order valence-electron chi connectivity index (χ0n) is 12.9. The Bertz CT molecular complexity index is 818. The highest BCUT2D eigenvalue weighted by molar-refractivity contribution is 6.22. The first-order valence-electron chi connectivity index (χ1n) is 8.45. The summed E-state index contributed by atoms with van der Waals surface area (Å²) in [4.78, 5) is 0. The molecule has 0 bridgehead atoms. The molecule has 2 aliphatic carbocycles. The van der Waals surface area contributed by atoms with Crippen molar-refractivity contribution in [3.05, 3.63) is 59.7 Å². The number of hydrogen-bond acceptors (Lipinski definition) is 2. The monoisotopic (exact) mass is 302 g/mol. The third-order valence-corrected chi connectivity index (χ3v) is 5.45. The van der Waals surface area contributed by atoms with Gasteiger partial charge in [0.05, 0.1) is 17.0 Å². The molecule has 2 aromatic rings. The quantitative estimate of drug-likeness (QED) is 0.588. The summed E-state index contributed by atoms with van der Waals surface area (Å²) in [6.07, 6.45) is 4.39. The van der Waals surface area contributed by atoms with E-state index in [0.29, 0.717) is 0 Å². The van der Waals surface area contributed by atoms with Crippen LogP contribution in [0.25, 0.3) is 11.1 Å². The first-order valence-corrected chi connectivity index (χ1v) is 8.45. The molecule has 2 atom stereocenters. The Balaban J connectivity index is 1.80. The molecule has 3 heteroatoms. The third kappa shape index (κ3) is 1.76. The molecule has 0 N–H and O–H groups in total. The van der Waals surface area contributed by atoms with Gasteiger partial charge >= 0.3 is 0 Å². The van der Waals surface area contributed by atoms with E-state index in [0.717, 1.165) is 25.0 Å². The molecule has 3 nitrogen and oxygen atoms in total. The van der Waals surface area contributed by atoms with E-state index in [1.165, 1.54) is 28.7 Å². The number of hydrazone groups is 1. The predicted molar refractivity (Wildman–Crippen MR) is 88.5 cm³/mol. The number of nitrogens with zero attached hydrogens (tertiary/aromatic N) is 2. The van der Waals surface area contributed by atoms with Crippen LogP contribution in [0.1, 0.15) is 36.8 Å². The zero-order chi connectivity index (χ0) is 15.4. The fourth-order valence-electron chi connectivity index (χ4n) is 4.40. The van der Waals surface area contributed by atoms with Crippen LogP contribution in [0.2, 0.25) is 0 Å². The van der Waals surface area contributed by atoms with Crippen molar-refractivity contribution in [2.24, 2.45) is 11.0 Å². The lowest BCUT2D eigenvalue weighted by Crippen LogP contribution is -2.37. The number of benzene rings is 2. The Kier molecular flexibility index (Phi) is 2.72. The van der Waals surface area contributed by atoms with E-state index in [9.17, 15) is 5.11 Å². The SMILES string of the molecule is [O-]C1=N[N+](=C2c3ccccc3-c3ccccc32)C2CCCCC12. The van der Waals surface area contributed by atoms with Crippen LogP contribution in [0.4, 0.5) is 0 Å². The molecule has 0 spiro atoms. The molecule has 2 unspecified atom stereocenters. The Morgan fingerprint density at radius 2 is 1.39 bits per heavy atom. The van der Waals surface area contributed by atoms with E-state index in [4.69, 9.17) is 0 Å². The smallest absolute Gasteiger partial charge is 0.247 e. The summed E-state index contributed by atoms with van der Waals surface area (Å²) in [5.41, 5.74) is 6.03. The number of fused-ring (bicyclic) bond motifs is 4. The largest absolute Gasteiger partial charge is 0.857 e. The summed E-state index contributed by atoms with van der Waals surface area (Å²) < 4.78 is 2.05. The second-order valence-corrected chi connectivity index (χ2v) is 6.68. The molecule has 23 heavy (non-hydrogen) atoms. The zero-order valence-corrected chi connectivity index (χ0v) is 12.9. The van der Waals surface area contributed by atoms with Crippen molar-refractivity contribution < 1.29 is 9.79 Å². The summed E-state index contributed by atoms with van der Waals surface area (Å²) in [5.74, 6) is 0.167. The second kappa shape index (κ2) is 4.79. The maximum absolute atomic E-state index is 12.4. The first kappa shape index (κ1) is 13.1. The fraction of sp³-hybridized carbons (Fsp3) is 0.300. The van der Waals surface area contributed by atoms with Crippen LogP contribution < -0.4 is 5.11 Å². The Labute approximate surface area is 135 Å². The van der Waals surface area contributed by atoms with Gasteiger partial charge in [-0.15, -0.1) is 0 Å². The highest BCUT2D eigenvalue weighted by atomic mass is 16.3. The Hall–Kier alpha value is -2.42. The predicted octanol–water partition coefficient (Wildman–Crippen LogP) is 2.76. The van der Waals surface area contributed by atoms with Gasteiger partial charge in [-0.1, -0.05) is 47.5 Å². The van der Waals surface area contributed by atoms with Gasteiger partial charge in [-0.2, -0.15) is 0 Å². The molecule has 0 saturated heterocycles. The summed E-state index contributed by atoms with van der Waals surface area (Å²) in [5, 5.41) is 16.8. The highest BCUT2D eigenvalue weighted by Gasteiger charge is 2.44. The standard InChI is InChI=1S/C20H18N2O/c23-20-17-11-5-6-12-18(17)22(21-20)19-15-9-3-1-7-13(15)14-8-2-4-10-16(14)19/h1-4,7-10,17-18H,5-6,11-12H2. The van der Waals surface area contributed by atoms with E-state index in [1.54, 1.807) is 0 Å². The topological polar surface area (TPSA) is 38.4 Å². The summed E-state index contributed by atoms with van der Waals surface area (Å²) in [6.45, 7) is 0. The Morgan fingerprint density at radius 3 is 2.04 bits per heavy atom. The molecule has 0 aromatic heterocycles. The van der Waals surface area contributed by atoms with Gasteiger partial charge < -0.3 is 5.11 Å². The lowest BCUT2D eigenvalue weighted by atomic mass is 9.85. The summed E-state index contributed by atoms with van der Waals surface area (Å²) in [6, 6.07) is 17.2. The van der Waals surface area contributed by atoms with E-state index in [1.807, 2.05) is 0 Å². The normalized spacial score (nSPS) is 25.0. The summed E-state index contributed by atoms with van der Waals surface area (Å²) >= 11 is 0. The van der Waals surface area contributed by atoms with Crippen LogP contribution in [0.3, 0.4) is 0 Å².